The molecule has 15 rings (SSSR count). The second kappa shape index (κ2) is 12.5. The zero-order valence-electron chi connectivity index (χ0n) is 38.5. The average molecular weight is 859 g/mol. The van der Waals surface area contributed by atoms with Gasteiger partial charge in [0.2, 0.25) is 0 Å². The van der Waals surface area contributed by atoms with E-state index in [1.165, 1.54) is 131 Å². The molecular formula is C63H46N4. The van der Waals surface area contributed by atoms with E-state index in [1.807, 2.05) is 0 Å². The van der Waals surface area contributed by atoms with Crippen LogP contribution < -0.4 is 0 Å². The molecule has 0 unspecified atom stereocenters. The van der Waals surface area contributed by atoms with E-state index in [0.29, 0.717) is 0 Å². The fourth-order valence-electron chi connectivity index (χ4n) is 12.2. The normalized spacial score (nSPS) is 13.2. The lowest BCUT2D eigenvalue weighted by molar-refractivity contribution is 0.591. The van der Waals surface area contributed by atoms with E-state index in [9.17, 15) is 0 Å². The molecule has 0 saturated carbocycles. The standard InChI is InChI=1S/C63H46N4/c1-62(2,3)38-30-44(37-25-26-51-45(28-37)43-22-14-15-23-50(43)65(51)40-18-8-7-9-19-40)58-47(31-38)46-29-36-17-11-13-21-42(36)56-57-55-49-33-39(63(4,5)6)32-48-54-41-20-12-10-16-35(41)24-27-52(54)66(59(48)49)53(55)34-64-61(57)67(58)60(46)56/h7-34H,1-6H3. The first-order valence-electron chi connectivity index (χ1n) is 23.7. The number of para-hydroxylation sites is 2. The summed E-state index contributed by atoms with van der Waals surface area (Å²) in [5.41, 5.74) is 15.6. The maximum absolute atomic E-state index is 5.66. The molecule has 0 saturated heterocycles. The van der Waals surface area contributed by atoms with Crippen molar-refractivity contribution in [2.24, 2.45) is 0 Å². The molecule has 0 radical (unpaired) electrons. The summed E-state index contributed by atoms with van der Waals surface area (Å²) in [5, 5.41) is 17.8. The molecule has 9 aromatic carbocycles. The summed E-state index contributed by atoms with van der Waals surface area (Å²) >= 11 is 0. The van der Waals surface area contributed by atoms with Gasteiger partial charge in [-0.25, -0.2) is 4.98 Å². The maximum Gasteiger partial charge on any atom is 0.146 e. The Morgan fingerprint density at radius 3 is 1.76 bits per heavy atom. The molecule has 67 heavy (non-hydrogen) atoms. The number of rotatable bonds is 2. The predicted molar refractivity (Wildman–Crippen MR) is 286 cm³/mol. The lowest BCUT2D eigenvalue weighted by Crippen LogP contribution is -2.11. The second-order valence-corrected chi connectivity index (χ2v) is 21.2. The number of hydrogen-bond donors (Lipinski definition) is 0. The van der Waals surface area contributed by atoms with Gasteiger partial charge in [-0.15, -0.1) is 0 Å². The summed E-state index contributed by atoms with van der Waals surface area (Å²) in [6.07, 6.45) is 2.18. The summed E-state index contributed by atoms with van der Waals surface area (Å²) in [5.74, 6) is 0. The molecule has 4 heteroatoms. The van der Waals surface area contributed by atoms with E-state index in [4.69, 9.17) is 4.98 Å². The van der Waals surface area contributed by atoms with Crippen LogP contribution >= 0.6 is 0 Å². The van der Waals surface area contributed by atoms with Crippen molar-refractivity contribution in [2.45, 2.75) is 52.4 Å². The van der Waals surface area contributed by atoms with Gasteiger partial charge in [-0.1, -0.05) is 139 Å². The van der Waals surface area contributed by atoms with Gasteiger partial charge in [0.1, 0.15) is 5.65 Å². The van der Waals surface area contributed by atoms with Crippen molar-refractivity contribution in [3.8, 4) is 16.8 Å². The minimum atomic E-state index is -0.0867. The van der Waals surface area contributed by atoms with Crippen LogP contribution in [-0.2, 0) is 10.8 Å². The monoisotopic (exact) mass is 858 g/mol. The molecule has 6 aromatic heterocycles. The zero-order chi connectivity index (χ0) is 44.8. The predicted octanol–water partition coefficient (Wildman–Crippen LogP) is 17.0. The van der Waals surface area contributed by atoms with Gasteiger partial charge >= 0.3 is 0 Å². The Morgan fingerprint density at radius 1 is 0.373 bits per heavy atom. The Morgan fingerprint density at radius 2 is 0.985 bits per heavy atom. The van der Waals surface area contributed by atoms with Crippen LogP contribution in [0.1, 0.15) is 52.7 Å². The van der Waals surface area contributed by atoms with Crippen LogP contribution in [0.4, 0.5) is 0 Å². The smallest absolute Gasteiger partial charge is 0.146 e. The fraction of sp³-hybridized carbons (Fsp3) is 0.127. The molecule has 0 fully saturated rings. The highest BCUT2D eigenvalue weighted by Gasteiger charge is 2.30. The molecule has 0 aliphatic rings. The maximum atomic E-state index is 5.66. The molecule has 0 aliphatic carbocycles. The molecule has 0 bridgehead atoms. The topological polar surface area (TPSA) is 26.6 Å². The lowest BCUT2D eigenvalue weighted by Gasteiger charge is -2.21. The van der Waals surface area contributed by atoms with Crippen LogP contribution in [0.3, 0.4) is 0 Å². The lowest BCUT2D eigenvalue weighted by atomic mass is 9.83. The summed E-state index contributed by atoms with van der Waals surface area (Å²) < 4.78 is 7.48. The zero-order valence-corrected chi connectivity index (χ0v) is 38.5. The molecule has 15 aromatic rings. The third-order valence-corrected chi connectivity index (χ3v) is 15.4. The summed E-state index contributed by atoms with van der Waals surface area (Å²) in [4.78, 5) is 5.66. The highest BCUT2D eigenvalue weighted by atomic mass is 15.0. The summed E-state index contributed by atoms with van der Waals surface area (Å²) in [6.45, 7) is 14.1. The van der Waals surface area contributed by atoms with Crippen molar-refractivity contribution in [1.29, 1.82) is 0 Å². The largest absolute Gasteiger partial charge is 0.309 e. The van der Waals surface area contributed by atoms with Gasteiger partial charge < -0.3 is 8.97 Å². The van der Waals surface area contributed by atoms with Gasteiger partial charge in [-0.3, -0.25) is 4.40 Å². The Labute approximate surface area is 386 Å². The van der Waals surface area contributed by atoms with E-state index < -0.39 is 0 Å². The van der Waals surface area contributed by atoms with E-state index in [2.05, 4.69) is 225 Å². The van der Waals surface area contributed by atoms with Gasteiger partial charge in [-0.05, 0) is 116 Å². The first kappa shape index (κ1) is 37.3. The second-order valence-electron chi connectivity index (χ2n) is 21.2. The minimum absolute atomic E-state index is 0.0645. The van der Waals surface area contributed by atoms with Crippen LogP contribution in [0.25, 0.3) is 136 Å². The molecule has 318 valence electrons. The minimum Gasteiger partial charge on any atom is -0.309 e. The van der Waals surface area contributed by atoms with Gasteiger partial charge in [0, 0.05) is 65.1 Å². The molecule has 0 spiro atoms. The van der Waals surface area contributed by atoms with Crippen molar-refractivity contribution in [2.75, 3.05) is 0 Å². The summed E-state index contributed by atoms with van der Waals surface area (Å²) in [7, 11) is 0. The molecular weight excluding hydrogens is 813 g/mol. The van der Waals surface area contributed by atoms with Gasteiger partial charge in [-0.2, -0.15) is 0 Å². The van der Waals surface area contributed by atoms with Crippen LogP contribution in [-0.4, -0.2) is 18.4 Å². The highest BCUT2D eigenvalue weighted by molar-refractivity contribution is 6.40. The number of nitrogens with zero attached hydrogens (tertiary/aromatic N) is 4. The SMILES string of the molecule is CC(C)(C)c1cc(-c2ccc3c(c2)c2ccccc2n3-c2ccccc2)c2c(c1)c1cc3ccccc3c3c4c5c6cc(C(C)(C)C)cc7c8c9ccccc9ccc8n(c5cnc4n2c13)c76. The Hall–Kier alpha value is -7.95. The number of hydrogen-bond acceptors (Lipinski definition) is 1. The number of fused-ring (bicyclic) bond motifs is 20. The van der Waals surface area contributed by atoms with Crippen molar-refractivity contribution in [1.82, 2.24) is 18.4 Å². The number of aromatic nitrogens is 4. The van der Waals surface area contributed by atoms with Crippen molar-refractivity contribution in [3.63, 3.8) is 0 Å². The van der Waals surface area contributed by atoms with Gasteiger partial charge in [0.25, 0.3) is 0 Å². The van der Waals surface area contributed by atoms with Crippen molar-refractivity contribution in [3.05, 3.63) is 181 Å². The number of benzene rings is 9. The molecule has 0 aliphatic heterocycles. The van der Waals surface area contributed by atoms with Crippen molar-refractivity contribution >= 4 is 120 Å². The third-order valence-electron chi connectivity index (χ3n) is 15.4. The van der Waals surface area contributed by atoms with E-state index in [0.717, 1.165) is 16.9 Å². The van der Waals surface area contributed by atoms with Crippen LogP contribution in [0.15, 0.2) is 170 Å². The van der Waals surface area contributed by atoms with Crippen molar-refractivity contribution < 1.29 is 0 Å². The first-order valence-corrected chi connectivity index (χ1v) is 23.7. The molecule has 4 nitrogen and oxygen atoms in total. The van der Waals surface area contributed by atoms with Crippen LogP contribution in [0.2, 0.25) is 0 Å². The fourth-order valence-corrected chi connectivity index (χ4v) is 12.2. The summed E-state index contributed by atoms with van der Waals surface area (Å²) in [6, 6.07) is 61.7. The average Bonchev–Trinajstić information content (AvgIpc) is 4.13. The molecule has 0 atom stereocenters. The molecule has 0 amide bonds. The Bertz CT molecular complexity index is 4620. The van der Waals surface area contributed by atoms with Gasteiger partial charge in [0.15, 0.2) is 0 Å². The molecule has 6 heterocycles. The first-order chi connectivity index (χ1) is 32.5. The van der Waals surface area contributed by atoms with E-state index >= 15 is 0 Å². The Kier molecular flexibility index (Phi) is 6.94. The van der Waals surface area contributed by atoms with Crippen LogP contribution in [0, 0.1) is 0 Å². The van der Waals surface area contributed by atoms with Gasteiger partial charge in [0.05, 0.1) is 44.8 Å². The molecule has 0 N–H and O–H groups in total. The quantitative estimate of drug-likeness (QED) is 0.170. The van der Waals surface area contributed by atoms with Crippen LogP contribution in [0.5, 0.6) is 0 Å². The van der Waals surface area contributed by atoms with E-state index in [1.54, 1.807) is 0 Å². The third kappa shape index (κ3) is 4.74. The Balaban J connectivity index is 1.14. The van der Waals surface area contributed by atoms with E-state index in [-0.39, 0.29) is 10.8 Å². The number of pyridine rings is 1. The highest BCUT2D eigenvalue weighted by Crippen LogP contribution is 2.51.